The van der Waals surface area contributed by atoms with Crippen LogP contribution in [0.1, 0.15) is 46.0 Å². The topological polar surface area (TPSA) is 29.1 Å². The number of rotatable bonds is 6. The molecule has 1 unspecified atom stereocenters. The summed E-state index contributed by atoms with van der Waals surface area (Å²) >= 11 is 0. The molecule has 1 N–H and O–H groups in total. The molecule has 0 aromatic rings. The van der Waals surface area contributed by atoms with Gasteiger partial charge >= 0.3 is 0 Å². The Morgan fingerprint density at radius 1 is 1.54 bits per heavy atom. The number of Topliss-reactive ketones (excluding diaryl/α,β-unsaturated/α-hetero) is 1. The third-order valence-electron chi connectivity index (χ3n) is 3.00. The standard InChI is InChI=1S/C11H21NO/c1-3-9(2)12-8-11(13)7-10-5-4-6-10/h9-10,12H,3-8H2,1-2H3. The molecular weight excluding hydrogens is 162 g/mol. The van der Waals surface area contributed by atoms with Gasteiger partial charge in [-0.3, -0.25) is 4.79 Å². The molecule has 76 valence electrons. The summed E-state index contributed by atoms with van der Waals surface area (Å²) in [5.41, 5.74) is 0. The molecule has 0 amide bonds. The highest BCUT2D eigenvalue weighted by Crippen LogP contribution is 2.29. The van der Waals surface area contributed by atoms with Gasteiger partial charge in [0.25, 0.3) is 0 Å². The third kappa shape index (κ3) is 3.90. The lowest BCUT2D eigenvalue weighted by molar-refractivity contribution is -0.119. The van der Waals surface area contributed by atoms with E-state index in [1.54, 1.807) is 0 Å². The first-order valence-corrected chi connectivity index (χ1v) is 5.47. The molecule has 1 atom stereocenters. The molecule has 0 spiro atoms. The average Bonchev–Trinajstić information content (AvgIpc) is 2.07. The number of hydrogen-bond acceptors (Lipinski definition) is 2. The molecule has 0 radical (unpaired) electrons. The van der Waals surface area contributed by atoms with Gasteiger partial charge in [0.05, 0.1) is 6.54 Å². The van der Waals surface area contributed by atoms with Gasteiger partial charge in [0, 0.05) is 12.5 Å². The largest absolute Gasteiger partial charge is 0.308 e. The van der Waals surface area contributed by atoms with E-state index in [9.17, 15) is 4.79 Å². The van der Waals surface area contributed by atoms with Crippen molar-refractivity contribution in [2.75, 3.05) is 6.54 Å². The molecule has 0 aromatic carbocycles. The van der Waals surface area contributed by atoms with E-state index in [1.165, 1.54) is 19.3 Å². The van der Waals surface area contributed by atoms with E-state index < -0.39 is 0 Å². The van der Waals surface area contributed by atoms with Crippen molar-refractivity contribution in [3.63, 3.8) is 0 Å². The molecule has 1 aliphatic rings. The number of ketones is 1. The Morgan fingerprint density at radius 3 is 2.69 bits per heavy atom. The maximum atomic E-state index is 11.4. The molecule has 1 rings (SSSR count). The van der Waals surface area contributed by atoms with Gasteiger partial charge in [0.2, 0.25) is 0 Å². The number of carbonyl (C=O) groups is 1. The summed E-state index contributed by atoms with van der Waals surface area (Å²) < 4.78 is 0. The van der Waals surface area contributed by atoms with E-state index in [0.29, 0.717) is 24.3 Å². The van der Waals surface area contributed by atoms with Crippen LogP contribution in [0.2, 0.25) is 0 Å². The molecule has 0 aromatic heterocycles. The van der Waals surface area contributed by atoms with E-state index in [0.717, 1.165) is 12.8 Å². The Balaban J connectivity index is 2.03. The first kappa shape index (κ1) is 10.7. The molecule has 0 heterocycles. The van der Waals surface area contributed by atoms with Gasteiger partial charge in [-0.15, -0.1) is 0 Å². The summed E-state index contributed by atoms with van der Waals surface area (Å²) in [6.45, 7) is 4.83. The highest BCUT2D eigenvalue weighted by molar-refractivity contribution is 5.80. The van der Waals surface area contributed by atoms with E-state index >= 15 is 0 Å². The summed E-state index contributed by atoms with van der Waals surface area (Å²) in [5, 5.41) is 3.24. The van der Waals surface area contributed by atoms with Gasteiger partial charge < -0.3 is 5.32 Å². The second-order valence-corrected chi connectivity index (χ2v) is 4.23. The van der Waals surface area contributed by atoms with Crippen LogP contribution in [-0.4, -0.2) is 18.4 Å². The first-order chi connectivity index (χ1) is 6.22. The Hall–Kier alpha value is -0.370. The molecular formula is C11H21NO. The lowest BCUT2D eigenvalue weighted by atomic mass is 9.82. The van der Waals surface area contributed by atoms with Crippen LogP contribution in [0.4, 0.5) is 0 Å². The molecule has 2 nitrogen and oxygen atoms in total. The highest BCUT2D eigenvalue weighted by atomic mass is 16.1. The Kier molecular flexibility index (Phi) is 4.43. The van der Waals surface area contributed by atoms with Crippen LogP contribution in [0.5, 0.6) is 0 Å². The SMILES string of the molecule is CCC(C)NCC(=O)CC1CCC1. The molecule has 1 fully saturated rings. The minimum absolute atomic E-state index is 0.394. The fraction of sp³-hybridized carbons (Fsp3) is 0.909. The molecule has 2 heteroatoms. The van der Waals surface area contributed by atoms with Crippen molar-refractivity contribution in [2.24, 2.45) is 5.92 Å². The zero-order valence-electron chi connectivity index (χ0n) is 8.81. The van der Waals surface area contributed by atoms with Crippen molar-refractivity contribution >= 4 is 5.78 Å². The second-order valence-electron chi connectivity index (χ2n) is 4.23. The quantitative estimate of drug-likeness (QED) is 0.683. The molecule has 0 saturated heterocycles. The molecule has 1 saturated carbocycles. The zero-order valence-corrected chi connectivity index (χ0v) is 8.81. The Bertz CT molecular complexity index is 163. The van der Waals surface area contributed by atoms with Crippen LogP contribution in [-0.2, 0) is 4.79 Å². The van der Waals surface area contributed by atoms with Crippen LogP contribution >= 0.6 is 0 Å². The summed E-state index contributed by atoms with van der Waals surface area (Å²) in [5.74, 6) is 1.11. The smallest absolute Gasteiger partial charge is 0.146 e. The monoisotopic (exact) mass is 183 g/mol. The van der Waals surface area contributed by atoms with Crippen LogP contribution < -0.4 is 5.32 Å². The van der Waals surface area contributed by atoms with E-state index in [1.807, 2.05) is 0 Å². The van der Waals surface area contributed by atoms with Crippen LogP contribution in [0, 0.1) is 5.92 Å². The van der Waals surface area contributed by atoms with Gasteiger partial charge in [0.15, 0.2) is 0 Å². The van der Waals surface area contributed by atoms with E-state index in [4.69, 9.17) is 0 Å². The molecule has 0 aliphatic heterocycles. The van der Waals surface area contributed by atoms with Crippen molar-refractivity contribution in [3.05, 3.63) is 0 Å². The lowest BCUT2D eigenvalue weighted by Gasteiger charge is -2.24. The maximum absolute atomic E-state index is 11.4. The van der Waals surface area contributed by atoms with Gasteiger partial charge in [0.1, 0.15) is 5.78 Å². The predicted octanol–water partition coefficient (Wildman–Crippen LogP) is 2.13. The predicted molar refractivity (Wildman–Crippen MR) is 54.7 cm³/mol. The highest BCUT2D eigenvalue weighted by Gasteiger charge is 2.20. The van der Waals surface area contributed by atoms with Crippen molar-refractivity contribution in [2.45, 2.75) is 52.0 Å². The molecule has 1 aliphatic carbocycles. The summed E-state index contributed by atoms with van der Waals surface area (Å²) in [6.07, 6.45) is 5.78. The van der Waals surface area contributed by atoms with Crippen LogP contribution in [0.3, 0.4) is 0 Å². The number of carbonyl (C=O) groups excluding carboxylic acids is 1. The second kappa shape index (κ2) is 5.38. The normalized spacial score (nSPS) is 19.5. The van der Waals surface area contributed by atoms with Gasteiger partial charge in [-0.1, -0.05) is 26.2 Å². The van der Waals surface area contributed by atoms with Crippen molar-refractivity contribution < 1.29 is 4.79 Å². The number of nitrogens with one attached hydrogen (secondary N) is 1. The summed E-state index contributed by atoms with van der Waals surface area (Å²) in [7, 11) is 0. The summed E-state index contributed by atoms with van der Waals surface area (Å²) in [4.78, 5) is 11.4. The minimum Gasteiger partial charge on any atom is -0.308 e. The van der Waals surface area contributed by atoms with Crippen LogP contribution in [0.25, 0.3) is 0 Å². The Labute approximate surface area is 81.1 Å². The maximum Gasteiger partial charge on any atom is 0.146 e. The lowest BCUT2D eigenvalue weighted by Crippen LogP contribution is -2.32. The number of hydrogen-bond donors (Lipinski definition) is 1. The van der Waals surface area contributed by atoms with E-state index in [2.05, 4.69) is 19.2 Å². The van der Waals surface area contributed by atoms with Gasteiger partial charge in [-0.2, -0.15) is 0 Å². The van der Waals surface area contributed by atoms with Crippen LogP contribution in [0.15, 0.2) is 0 Å². The average molecular weight is 183 g/mol. The van der Waals surface area contributed by atoms with Crippen molar-refractivity contribution in [1.82, 2.24) is 5.32 Å². The third-order valence-corrected chi connectivity index (χ3v) is 3.00. The molecule has 13 heavy (non-hydrogen) atoms. The molecule has 0 bridgehead atoms. The fourth-order valence-electron chi connectivity index (χ4n) is 1.52. The zero-order chi connectivity index (χ0) is 9.68. The van der Waals surface area contributed by atoms with Gasteiger partial charge in [-0.05, 0) is 19.3 Å². The van der Waals surface area contributed by atoms with E-state index in [-0.39, 0.29) is 0 Å². The summed E-state index contributed by atoms with van der Waals surface area (Å²) in [6, 6.07) is 0.477. The van der Waals surface area contributed by atoms with Gasteiger partial charge in [-0.25, -0.2) is 0 Å². The fourth-order valence-corrected chi connectivity index (χ4v) is 1.52. The van der Waals surface area contributed by atoms with Crippen molar-refractivity contribution in [3.8, 4) is 0 Å². The minimum atomic E-state index is 0.394. The Morgan fingerprint density at radius 2 is 2.23 bits per heavy atom. The van der Waals surface area contributed by atoms with Crippen molar-refractivity contribution in [1.29, 1.82) is 0 Å². The first-order valence-electron chi connectivity index (χ1n) is 5.47.